The Morgan fingerprint density at radius 3 is 2.47 bits per heavy atom. The summed E-state index contributed by atoms with van der Waals surface area (Å²) in [4.78, 5) is 0. The van der Waals surface area contributed by atoms with Gasteiger partial charge in [-0.15, -0.1) is 0 Å². The Balaban J connectivity index is 2.43. The van der Waals surface area contributed by atoms with Crippen molar-refractivity contribution in [3.05, 3.63) is 34.9 Å². The molecular weight excluding hydrogens is 232 g/mol. The zero-order valence-corrected chi connectivity index (χ0v) is 11.4. The van der Waals surface area contributed by atoms with Gasteiger partial charge >= 0.3 is 0 Å². The molecule has 0 saturated carbocycles. The normalized spacial score (nSPS) is 13.1. The summed E-state index contributed by atoms with van der Waals surface area (Å²) in [5, 5.41) is 13.1. The largest absolute Gasteiger partial charge is 0.310 e. The Labute approximate surface area is 109 Å². The minimum absolute atomic E-state index is 0.257. The fourth-order valence-corrected chi connectivity index (χ4v) is 1.65. The minimum atomic E-state index is -0.257. The molecule has 1 aromatic carbocycles. The number of hydrogen-bond acceptors (Lipinski definition) is 2. The standard InChI is InChI=1S/C14H19ClN2/c1-11(12-4-6-13(15)7-5-12)17-9-8-14(2,3)10-16/h4-7,11,17H,8-9H2,1-3H3/t11-/m0/s1. The number of rotatable bonds is 5. The molecule has 0 aliphatic heterocycles. The Hall–Kier alpha value is -1.04. The van der Waals surface area contributed by atoms with Crippen molar-refractivity contribution in [1.29, 1.82) is 5.26 Å². The molecule has 0 aromatic heterocycles. The number of hydrogen-bond donors (Lipinski definition) is 1. The van der Waals surface area contributed by atoms with Crippen LogP contribution in [0.25, 0.3) is 0 Å². The molecule has 17 heavy (non-hydrogen) atoms. The van der Waals surface area contributed by atoms with Gasteiger partial charge in [0, 0.05) is 11.1 Å². The van der Waals surface area contributed by atoms with Gasteiger partial charge in [0.05, 0.1) is 11.5 Å². The van der Waals surface area contributed by atoms with Crippen LogP contribution in [0.3, 0.4) is 0 Å². The third kappa shape index (κ3) is 4.77. The summed E-state index contributed by atoms with van der Waals surface area (Å²) in [6.07, 6.45) is 0.849. The second kappa shape index (κ2) is 6.05. The maximum Gasteiger partial charge on any atom is 0.0684 e. The molecule has 0 fully saturated rings. The molecule has 1 atom stereocenters. The molecule has 1 rings (SSSR count). The third-order valence-corrected chi connectivity index (χ3v) is 3.13. The van der Waals surface area contributed by atoms with Gasteiger partial charge in [-0.25, -0.2) is 0 Å². The summed E-state index contributed by atoms with van der Waals surface area (Å²) < 4.78 is 0. The first-order chi connectivity index (χ1) is 7.94. The first-order valence-electron chi connectivity index (χ1n) is 5.85. The van der Waals surface area contributed by atoms with Gasteiger partial charge in [-0.2, -0.15) is 5.26 Å². The second-order valence-electron chi connectivity index (χ2n) is 4.97. The fraction of sp³-hybridized carbons (Fsp3) is 0.500. The van der Waals surface area contributed by atoms with E-state index in [1.165, 1.54) is 5.56 Å². The number of nitrogens with one attached hydrogen (secondary N) is 1. The zero-order chi connectivity index (χ0) is 12.9. The van der Waals surface area contributed by atoms with E-state index in [2.05, 4.69) is 18.3 Å². The highest BCUT2D eigenvalue weighted by Gasteiger charge is 2.16. The smallest absolute Gasteiger partial charge is 0.0684 e. The molecule has 0 spiro atoms. The Kier molecular flexibility index (Phi) is 4.99. The summed E-state index contributed by atoms with van der Waals surface area (Å²) in [7, 11) is 0. The van der Waals surface area contributed by atoms with E-state index in [-0.39, 0.29) is 11.5 Å². The molecule has 0 bridgehead atoms. The van der Waals surface area contributed by atoms with Crippen LogP contribution in [0.1, 0.15) is 38.8 Å². The van der Waals surface area contributed by atoms with Crippen molar-refractivity contribution in [2.75, 3.05) is 6.54 Å². The number of benzene rings is 1. The van der Waals surface area contributed by atoms with Crippen molar-refractivity contribution >= 4 is 11.6 Å². The number of nitriles is 1. The van der Waals surface area contributed by atoms with Crippen LogP contribution < -0.4 is 5.32 Å². The SMILES string of the molecule is C[C@H](NCCC(C)(C)C#N)c1ccc(Cl)cc1. The molecule has 92 valence electrons. The number of halogens is 1. The van der Waals surface area contributed by atoms with E-state index < -0.39 is 0 Å². The molecule has 3 heteroatoms. The highest BCUT2D eigenvalue weighted by molar-refractivity contribution is 6.30. The van der Waals surface area contributed by atoms with Gasteiger partial charge in [0.25, 0.3) is 0 Å². The van der Waals surface area contributed by atoms with Gasteiger partial charge in [0.2, 0.25) is 0 Å². The lowest BCUT2D eigenvalue weighted by Crippen LogP contribution is -2.24. The van der Waals surface area contributed by atoms with E-state index >= 15 is 0 Å². The van der Waals surface area contributed by atoms with Crippen LogP contribution in [0.2, 0.25) is 5.02 Å². The van der Waals surface area contributed by atoms with Crippen LogP contribution in [0.5, 0.6) is 0 Å². The van der Waals surface area contributed by atoms with Crippen molar-refractivity contribution in [3.8, 4) is 6.07 Å². The molecule has 0 unspecified atom stereocenters. The Morgan fingerprint density at radius 2 is 1.94 bits per heavy atom. The third-order valence-electron chi connectivity index (χ3n) is 2.87. The average molecular weight is 251 g/mol. The molecule has 2 nitrogen and oxygen atoms in total. The lowest BCUT2D eigenvalue weighted by Gasteiger charge is -2.19. The summed E-state index contributed by atoms with van der Waals surface area (Å²) in [6.45, 7) is 6.87. The van der Waals surface area contributed by atoms with Gasteiger partial charge < -0.3 is 5.32 Å². The van der Waals surface area contributed by atoms with Crippen LogP contribution in [-0.4, -0.2) is 6.54 Å². The maximum atomic E-state index is 8.91. The van der Waals surface area contributed by atoms with Gasteiger partial charge in [-0.1, -0.05) is 23.7 Å². The molecule has 0 amide bonds. The van der Waals surface area contributed by atoms with Gasteiger partial charge in [-0.05, 0) is 51.4 Å². The number of nitrogens with zero attached hydrogens (tertiary/aromatic N) is 1. The minimum Gasteiger partial charge on any atom is -0.310 e. The predicted molar refractivity (Wildman–Crippen MR) is 71.9 cm³/mol. The molecule has 1 aromatic rings. The summed E-state index contributed by atoms with van der Waals surface area (Å²) >= 11 is 5.84. The van der Waals surface area contributed by atoms with E-state index in [4.69, 9.17) is 16.9 Å². The highest BCUT2D eigenvalue weighted by atomic mass is 35.5. The van der Waals surface area contributed by atoms with Crippen LogP contribution in [0, 0.1) is 16.7 Å². The topological polar surface area (TPSA) is 35.8 Å². The van der Waals surface area contributed by atoms with Crippen LogP contribution >= 0.6 is 11.6 Å². The van der Waals surface area contributed by atoms with E-state index in [1.807, 2.05) is 38.1 Å². The predicted octanol–water partition coefficient (Wildman–Crippen LogP) is 3.93. The highest BCUT2D eigenvalue weighted by Crippen LogP contribution is 2.19. The van der Waals surface area contributed by atoms with Crippen molar-refractivity contribution in [2.45, 2.75) is 33.2 Å². The summed E-state index contributed by atoms with van der Waals surface area (Å²) in [6, 6.07) is 10.4. The lowest BCUT2D eigenvalue weighted by atomic mass is 9.91. The monoisotopic (exact) mass is 250 g/mol. The molecule has 0 radical (unpaired) electrons. The van der Waals surface area contributed by atoms with Gasteiger partial charge in [0.1, 0.15) is 0 Å². The van der Waals surface area contributed by atoms with Gasteiger partial charge in [0.15, 0.2) is 0 Å². The zero-order valence-electron chi connectivity index (χ0n) is 10.6. The van der Waals surface area contributed by atoms with Crippen molar-refractivity contribution in [1.82, 2.24) is 5.32 Å². The molecule has 0 aliphatic rings. The van der Waals surface area contributed by atoms with Crippen molar-refractivity contribution in [2.24, 2.45) is 5.41 Å². The summed E-state index contributed by atoms with van der Waals surface area (Å²) in [5.74, 6) is 0. The molecular formula is C14H19ClN2. The second-order valence-corrected chi connectivity index (χ2v) is 5.41. The average Bonchev–Trinajstić information content (AvgIpc) is 2.29. The first kappa shape index (κ1) is 14.0. The van der Waals surface area contributed by atoms with Crippen molar-refractivity contribution in [3.63, 3.8) is 0 Å². The lowest BCUT2D eigenvalue weighted by molar-refractivity contribution is 0.416. The van der Waals surface area contributed by atoms with Gasteiger partial charge in [-0.3, -0.25) is 0 Å². The molecule has 1 N–H and O–H groups in total. The Morgan fingerprint density at radius 1 is 1.35 bits per heavy atom. The molecule has 0 saturated heterocycles. The van der Waals surface area contributed by atoms with Crippen LogP contribution in [-0.2, 0) is 0 Å². The van der Waals surface area contributed by atoms with Crippen LogP contribution in [0.15, 0.2) is 24.3 Å². The Bertz CT molecular complexity index is 390. The van der Waals surface area contributed by atoms with E-state index in [0.29, 0.717) is 0 Å². The first-order valence-corrected chi connectivity index (χ1v) is 6.22. The van der Waals surface area contributed by atoms with E-state index in [1.54, 1.807) is 0 Å². The molecule has 0 aliphatic carbocycles. The fourth-order valence-electron chi connectivity index (χ4n) is 1.53. The van der Waals surface area contributed by atoms with Crippen molar-refractivity contribution < 1.29 is 0 Å². The van der Waals surface area contributed by atoms with Crippen LogP contribution in [0.4, 0.5) is 0 Å². The summed E-state index contributed by atoms with van der Waals surface area (Å²) in [5.41, 5.74) is 0.955. The maximum absolute atomic E-state index is 8.91. The van der Waals surface area contributed by atoms with E-state index in [0.717, 1.165) is 18.0 Å². The molecule has 0 heterocycles. The van der Waals surface area contributed by atoms with E-state index in [9.17, 15) is 0 Å². The quantitative estimate of drug-likeness (QED) is 0.860.